The molecule has 3 atom stereocenters. The average molecular weight is 407 g/mol. The molecule has 0 spiro atoms. The SMILES string of the molecule is C=CCC(C=C)/C=C/CC(C=C)C(C1=CCCC=C1)c1ccc(-c2ccccc2)cc1. The van der Waals surface area contributed by atoms with Crippen LogP contribution in [0.15, 0.2) is 129 Å². The van der Waals surface area contributed by atoms with E-state index < -0.39 is 0 Å². The van der Waals surface area contributed by atoms with Crippen molar-refractivity contribution in [3.05, 3.63) is 134 Å². The Hall–Kier alpha value is -3.12. The highest BCUT2D eigenvalue weighted by atomic mass is 14.3. The van der Waals surface area contributed by atoms with Gasteiger partial charge in [0.25, 0.3) is 0 Å². The van der Waals surface area contributed by atoms with Gasteiger partial charge in [-0.15, -0.1) is 19.7 Å². The Balaban J connectivity index is 1.87. The van der Waals surface area contributed by atoms with Crippen LogP contribution < -0.4 is 0 Å². The summed E-state index contributed by atoms with van der Waals surface area (Å²) in [6.45, 7) is 12.0. The van der Waals surface area contributed by atoms with Gasteiger partial charge in [-0.3, -0.25) is 0 Å². The van der Waals surface area contributed by atoms with Crippen LogP contribution in [0.5, 0.6) is 0 Å². The maximum Gasteiger partial charge on any atom is 0.0152 e. The van der Waals surface area contributed by atoms with Gasteiger partial charge in [-0.1, -0.05) is 103 Å². The summed E-state index contributed by atoms with van der Waals surface area (Å²) < 4.78 is 0. The minimum absolute atomic E-state index is 0.310. The maximum atomic E-state index is 4.20. The molecule has 0 aliphatic heterocycles. The van der Waals surface area contributed by atoms with E-state index in [2.05, 4.69) is 111 Å². The number of allylic oxidation sites excluding steroid dienone is 9. The van der Waals surface area contributed by atoms with E-state index in [4.69, 9.17) is 0 Å². The third kappa shape index (κ3) is 6.18. The summed E-state index contributed by atoms with van der Waals surface area (Å²) in [4.78, 5) is 0. The summed E-state index contributed by atoms with van der Waals surface area (Å²) >= 11 is 0. The standard InChI is InChI=1S/C31H34/c1-4-14-25(5-2)15-13-20-26(6-3)31(29-18-11-8-12-19-29)30-23-21-28(22-24-30)27-16-9-7-10-17-27/h4-7,9-11,13,15-19,21-26,31H,1-3,8,12,14,20H2/b15-13+. The topological polar surface area (TPSA) is 0 Å². The molecule has 0 bridgehead atoms. The lowest BCUT2D eigenvalue weighted by molar-refractivity contribution is 0.572. The summed E-state index contributed by atoms with van der Waals surface area (Å²) in [5.41, 5.74) is 5.26. The molecule has 1 aliphatic carbocycles. The zero-order valence-corrected chi connectivity index (χ0v) is 18.5. The first-order valence-corrected chi connectivity index (χ1v) is 11.3. The van der Waals surface area contributed by atoms with Gasteiger partial charge in [0.2, 0.25) is 0 Å². The van der Waals surface area contributed by atoms with Gasteiger partial charge in [-0.2, -0.15) is 0 Å². The third-order valence-electron chi connectivity index (χ3n) is 6.02. The van der Waals surface area contributed by atoms with Crippen LogP contribution in [0.25, 0.3) is 11.1 Å². The molecule has 0 aromatic heterocycles. The summed E-state index contributed by atoms with van der Waals surface area (Å²) in [5.74, 6) is 0.993. The number of hydrogen-bond donors (Lipinski definition) is 0. The average Bonchev–Trinajstić information content (AvgIpc) is 2.84. The fourth-order valence-corrected chi connectivity index (χ4v) is 4.29. The second-order valence-electron chi connectivity index (χ2n) is 8.14. The van der Waals surface area contributed by atoms with Crippen LogP contribution >= 0.6 is 0 Å². The van der Waals surface area contributed by atoms with Gasteiger partial charge in [0.05, 0.1) is 0 Å². The lowest BCUT2D eigenvalue weighted by Gasteiger charge is -2.27. The highest BCUT2D eigenvalue weighted by molar-refractivity contribution is 5.63. The largest absolute Gasteiger partial charge is 0.103 e. The summed E-state index contributed by atoms with van der Waals surface area (Å²) in [6, 6.07) is 19.6. The minimum Gasteiger partial charge on any atom is -0.103 e. The number of hydrogen-bond acceptors (Lipinski definition) is 0. The number of rotatable bonds is 11. The van der Waals surface area contributed by atoms with Gasteiger partial charge in [-0.05, 0) is 59.8 Å². The van der Waals surface area contributed by atoms with Crippen LogP contribution in [0.1, 0.15) is 37.2 Å². The smallest absolute Gasteiger partial charge is 0.0152 e. The molecule has 0 nitrogen and oxygen atoms in total. The minimum atomic E-state index is 0.310. The molecule has 1 aliphatic rings. The normalized spacial score (nSPS) is 16.3. The Morgan fingerprint density at radius 3 is 2.16 bits per heavy atom. The second-order valence-corrected chi connectivity index (χ2v) is 8.14. The first kappa shape index (κ1) is 22.6. The van der Waals surface area contributed by atoms with Crippen molar-refractivity contribution in [2.75, 3.05) is 0 Å². The predicted molar refractivity (Wildman–Crippen MR) is 137 cm³/mol. The molecule has 0 heteroatoms. The lowest BCUT2D eigenvalue weighted by atomic mass is 9.77. The highest BCUT2D eigenvalue weighted by Gasteiger charge is 2.23. The van der Waals surface area contributed by atoms with Gasteiger partial charge in [-0.25, -0.2) is 0 Å². The molecule has 31 heavy (non-hydrogen) atoms. The summed E-state index contributed by atoms with van der Waals surface area (Å²) in [7, 11) is 0. The molecular weight excluding hydrogens is 372 g/mol. The van der Waals surface area contributed by atoms with Crippen molar-refractivity contribution in [3.8, 4) is 11.1 Å². The van der Waals surface area contributed by atoms with E-state index in [9.17, 15) is 0 Å². The van der Waals surface area contributed by atoms with E-state index in [1.807, 2.05) is 12.2 Å². The molecule has 0 fully saturated rings. The Morgan fingerprint density at radius 2 is 1.55 bits per heavy atom. The molecule has 2 aromatic rings. The van der Waals surface area contributed by atoms with Gasteiger partial charge < -0.3 is 0 Å². The van der Waals surface area contributed by atoms with E-state index in [0.29, 0.717) is 17.8 Å². The molecule has 158 valence electrons. The lowest BCUT2D eigenvalue weighted by Crippen LogP contribution is -2.13. The van der Waals surface area contributed by atoms with Gasteiger partial charge in [0, 0.05) is 5.92 Å². The Bertz CT molecular complexity index is 937. The maximum absolute atomic E-state index is 4.20. The molecule has 0 N–H and O–H groups in total. The van der Waals surface area contributed by atoms with E-state index in [0.717, 1.165) is 25.7 Å². The zero-order chi connectivity index (χ0) is 21.9. The third-order valence-corrected chi connectivity index (χ3v) is 6.02. The molecule has 3 unspecified atom stereocenters. The van der Waals surface area contributed by atoms with Crippen LogP contribution in [0.3, 0.4) is 0 Å². The molecule has 3 rings (SSSR count). The Labute approximate surface area is 188 Å². The first-order valence-electron chi connectivity index (χ1n) is 11.3. The second kappa shape index (κ2) is 11.9. The van der Waals surface area contributed by atoms with E-state index in [1.165, 1.54) is 22.3 Å². The summed E-state index contributed by atoms with van der Waals surface area (Å²) in [5, 5.41) is 0. The van der Waals surface area contributed by atoms with Crippen molar-refractivity contribution in [1.29, 1.82) is 0 Å². The first-order chi connectivity index (χ1) is 15.3. The van der Waals surface area contributed by atoms with Gasteiger partial charge in [0.15, 0.2) is 0 Å². The zero-order valence-electron chi connectivity index (χ0n) is 18.5. The van der Waals surface area contributed by atoms with Gasteiger partial charge >= 0.3 is 0 Å². The van der Waals surface area contributed by atoms with Crippen LogP contribution in [-0.4, -0.2) is 0 Å². The molecule has 0 radical (unpaired) electrons. The van der Waals surface area contributed by atoms with Crippen molar-refractivity contribution >= 4 is 0 Å². The van der Waals surface area contributed by atoms with Crippen LogP contribution in [0.2, 0.25) is 0 Å². The monoisotopic (exact) mass is 406 g/mol. The molecule has 0 saturated heterocycles. The molecule has 0 saturated carbocycles. The van der Waals surface area contributed by atoms with Crippen molar-refractivity contribution < 1.29 is 0 Å². The van der Waals surface area contributed by atoms with Crippen LogP contribution in [-0.2, 0) is 0 Å². The molecule has 0 heterocycles. The number of benzene rings is 2. The van der Waals surface area contributed by atoms with E-state index >= 15 is 0 Å². The Kier molecular flexibility index (Phi) is 8.67. The van der Waals surface area contributed by atoms with Crippen molar-refractivity contribution in [2.45, 2.75) is 31.6 Å². The molecular formula is C31H34. The van der Waals surface area contributed by atoms with Crippen molar-refractivity contribution in [1.82, 2.24) is 0 Å². The molecule has 2 aromatic carbocycles. The Morgan fingerprint density at radius 1 is 0.806 bits per heavy atom. The van der Waals surface area contributed by atoms with Crippen molar-refractivity contribution in [3.63, 3.8) is 0 Å². The van der Waals surface area contributed by atoms with E-state index in [-0.39, 0.29) is 0 Å². The molecule has 0 amide bonds. The quantitative estimate of drug-likeness (QED) is 0.327. The fourth-order valence-electron chi connectivity index (χ4n) is 4.29. The van der Waals surface area contributed by atoms with Crippen molar-refractivity contribution in [2.24, 2.45) is 11.8 Å². The summed E-state index contributed by atoms with van der Waals surface area (Å²) in [6.07, 6.45) is 21.8. The van der Waals surface area contributed by atoms with Gasteiger partial charge in [0.1, 0.15) is 0 Å². The highest BCUT2D eigenvalue weighted by Crippen LogP contribution is 2.38. The van der Waals surface area contributed by atoms with E-state index in [1.54, 1.807) is 0 Å². The van der Waals surface area contributed by atoms with Crippen LogP contribution in [0, 0.1) is 11.8 Å². The fraction of sp³-hybridized carbons (Fsp3) is 0.226. The van der Waals surface area contributed by atoms with Crippen LogP contribution in [0.4, 0.5) is 0 Å². The predicted octanol–water partition coefficient (Wildman–Crippen LogP) is 8.84.